The summed E-state index contributed by atoms with van der Waals surface area (Å²) in [5, 5.41) is 44.5. The highest BCUT2D eigenvalue weighted by Gasteiger charge is 2.49. The Morgan fingerprint density at radius 1 is 1.23 bits per heavy atom. The number of aliphatic hydroxyl groups excluding tert-OH is 3. The molecule has 2 aliphatic heterocycles. The summed E-state index contributed by atoms with van der Waals surface area (Å²) in [7, 11) is 0. The van der Waals surface area contributed by atoms with Crippen LogP contribution in [0.1, 0.15) is 77.2 Å². The molecule has 0 bridgehead atoms. The summed E-state index contributed by atoms with van der Waals surface area (Å²) >= 11 is 0. The minimum absolute atomic E-state index is 0.00167. The summed E-state index contributed by atoms with van der Waals surface area (Å²) in [6.07, 6.45) is 14.4. The molecule has 0 spiro atoms. The van der Waals surface area contributed by atoms with Crippen LogP contribution in [0.2, 0.25) is 0 Å². The fraction of sp³-hybridized carbons (Fsp3) is 0.629. The minimum atomic E-state index is -0.907. The van der Waals surface area contributed by atoms with Crippen LogP contribution in [0.4, 0.5) is 0 Å². The Hall–Kier alpha value is -2.49. The number of benzene rings is 1. The fourth-order valence-corrected chi connectivity index (χ4v) is 7.32. The van der Waals surface area contributed by atoms with Crippen molar-refractivity contribution in [1.82, 2.24) is 5.32 Å². The number of aliphatic hydroxyl groups is 5. The molecule has 5 rings (SSSR count). The summed E-state index contributed by atoms with van der Waals surface area (Å²) < 4.78 is 10.8. The summed E-state index contributed by atoms with van der Waals surface area (Å²) in [5.74, 6) is 3.27. The van der Waals surface area contributed by atoms with Crippen LogP contribution < -0.4 is 10.1 Å². The second-order valence-electron chi connectivity index (χ2n) is 12.9. The molecule has 2 fully saturated rings. The Kier molecular flexibility index (Phi) is 11.1. The number of nitrogens with one attached hydrogen (secondary N) is 1. The van der Waals surface area contributed by atoms with E-state index in [9.17, 15) is 20.4 Å². The van der Waals surface area contributed by atoms with Crippen molar-refractivity contribution >= 4 is 5.71 Å². The standard InChI is InChI=1S/C35H50N2O6/c1-3-4-8-34-25(20-38)16-26(43-34)12-9-23-10-14-32(40)35(15-23)42-21-33(41)31-17-28-29(19-36-18-22(2)39)27-7-5-6-24(27)11-13-30(28)37-31/h10,14-17,22,24,27,29,33-34,36,38-39,41,43H,3-9,11-13,18-21H2,1-2H3/p+1. The van der Waals surface area contributed by atoms with Crippen molar-refractivity contribution in [3.8, 4) is 11.5 Å². The second kappa shape index (κ2) is 15.0. The zero-order valence-electron chi connectivity index (χ0n) is 25.8. The number of ether oxygens (including phenoxy) is 2. The molecule has 1 aromatic rings. The number of hydrogen-bond donors (Lipinski definition) is 5. The van der Waals surface area contributed by atoms with Crippen LogP contribution in [0, 0.1) is 29.8 Å². The van der Waals surface area contributed by atoms with Crippen molar-refractivity contribution in [2.75, 3.05) is 26.3 Å². The average molecular weight is 596 g/mol. The van der Waals surface area contributed by atoms with Gasteiger partial charge in [-0.3, -0.25) is 0 Å². The van der Waals surface area contributed by atoms with Crippen LogP contribution in [-0.4, -0.2) is 75.5 Å². The number of hydrogen-bond acceptors (Lipinski definition) is 7. The van der Waals surface area contributed by atoms with E-state index in [2.05, 4.69) is 18.3 Å². The zero-order chi connectivity index (χ0) is 30.3. The molecule has 6 N–H and O–H groups in total. The highest BCUT2D eigenvalue weighted by atomic mass is 16.5. The van der Waals surface area contributed by atoms with E-state index in [4.69, 9.17) is 14.5 Å². The maximum atomic E-state index is 11.1. The molecule has 1 aromatic carbocycles. The van der Waals surface area contributed by atoms with Gasteiger partial charge in [0.2, 0.25) is 5.70 Å². The first-order valence-corrected chi connectivity index (χ1v) is 16.4. The van der Waals surface area contributed by atoms with E-state index in [1.165, 1.54) is 25.2 Å². The Balaban J connectivity index is 1.18. The lowest BCUT2D eigenvalue weighted by molar-refractivity contribution is -0.0550. The van der Waals surface area contributed by atoms with Gasteiger partial charge in [0.05, 0.1) is 18.1 Å². The molecule has 0 amide bonds. The molecule has 236 valence electrons. The normalized spacial score (nSPS) is 26.4. The third kappa shape index (κ3) is 7.97. The highest BCUT2D eigenvalue weighted by molar-refractivity contribution is 6.03. The van der Waals surface area contributed by atoms with Gasteiger partial charge in [-0.15, -0.1) is 16.6 Å². The zero-order valence-corrected chi connectivity index (χ0v) is 25.8. The molecule has 6 unspecified atom stereocenters. The summed E-state index contributed by atoms with van der Waals surface area (Å²) in [6, 6.07) is 5.36. The van der Waals surface area contributed by atoms with Crippen LogP contribution in [0.3, 0.4) is 0 Å². The average Bonchev–Trinajstić information content (AvgIpc) is 3.72. The van der Waals surface area contributed by atoms with E-state index in [1.54, 1.807) is 13.0 Å². The van der Waals surface area contributed by atoms with Crippen molar-refractivity contribution in [2.45, 2.75) is 96.4 Å². The molecule has 2 aliphatic carbocycles. The van der Waals surface area contributed by atoms with Gasteiger partial charge in [-0.2, -0.15) is 0 Å². The van der Waals surface area contributed by atoms with Gasteiger partial charge >= 0.3 is 0 Å². The Labute approximate surface area is 256 Å². The first-order chi connectivity index (χ1) is 20.9. The van der Waals surface area contributed by atoms with Gasteiger partial charge in [-0.1, -0.05) is 32.3 Å². The molecule has 8 nitrogen and oxygen atoms in total. The number of rotatable bonds is 15. The number of phenols is 1. The molecule has 4 aliphatic rings. The molecule has 2 saturated carbocycles. The van der Waals surface area contributed by atoms with Gasteiger partial charge in [0.25, 0.3) is 0 Å². The highest BCUT2D eigenvalue weighted by Crippen LogP contribution is 2.48. The van der Waals surface area contributed by atoms with Crippen LogP contribution in [-0.2, 0) is 6.42 Å². The first-order valence-electron chi connectivity index (χ1n) is 16.4. The van der Waals surface area contributed by atoms with Crippen molar-refractivity contribution in [3.05, 3.63) is 59.2 Å². The maximum absolute atomic E-state index is 11.1. The molecule has 0 saturated heterocycles. The van der Waals surface area contributed by atoms with Crippen LogP contribution in [0.5, 0.6) is 11.5 Å². The molecule has 2 heterocycles. The van der Waals surface area contributed by atoms with E-state index in [0.29, 0.717) is 29.8 Å². The number of fused-ring (bicyclic) bond motifs is 2. The second-order valence-corrected chi connectivity index (χ2v) is 12.9. The number of aliphatic imine (C=N–C) groups is 1. The number of phenolic OH excluding ortho intramolecular Hbond substituents is 1. The lowest BCUT2D eigenvalue weighted by atomic mass is 9.77. The predicted octanol–water partition coefficient (Wildman–Crippen LogP) is 4.33. The van der Waals surface area contributed by atoms with E-state index >= 15 is 0 Å². The van der Waals surface area contributed by atoms with Gasteiger partial charge in [0.15, 0.2) is 17.6 Å². The van der Waals surface area contributed by atoms with Gasteiger partial charge in [0, 0.05) is 32.5 Å². The van der Waals surface area contributed by atoms with Gasteiger partial charge in [-0.25, -0.2) is 0 Å². The van der Waals surface area contributed by atoms with E-state index < -0.39 is 6.10 Å². The SMILES string of the molecule is CCCCC1[OH+][C-](CCc2ccc(O)c(OCC(O)C3=C[C+]4C(=N3)CCC3CCCC3C4CNCC(C)O)c2)C=C1CO. The van der Waals surface area contributed by atoms with Crippen LogP contribution in [0.25, 0.3) is 0 Å². The largest absolute Gasteiger partial charge is 0.504 e. The summed E-state index contributed by atoms with van der Waals surface area (Å²) in [5.41, 5.74) is 3.72. The lowest BCUT2D eigenvalue weighted by Crippen LogP contribution is -2.36. The first kappa shape index (κ1) is 31.9. The number of unbranched alkanes of at least 4 members (excludes halogenated alkanes) is 1. The van der Waals surface area contributed by atoms with Crippen molar-refractivity contribution in [3.63, 3.8) is 0 Å². The molecular formula is C35H51N2O6+. The van der Waals surface area contributed by atoms with Crippen molar-refractivity contribution in [2.24, 2.45) is 22.7 Å². The van der Waals surface area contributed by atoms with Gasteiger partial charge in [-0.05, 0) is 68.6 Å². The van der Waals surface area contributed by atoms with Gasteiger partial charge in [0.1, 0.15) is 30.4 Å². The maximum Gasteiger partial charge on any atom is 0.208 e. The molecule has 0 aromatic heterocycles. The van der Waals surface area contributed by atoms with Crippen LogP contribution >= 0.6 is 0 Å². The van der Waals surface area contributed by atoms with Crippen molar-refractivity contribution in [1.29, 1.82) is 0 Å². The predicted molar refractivity (Wildman–Crippen MR) is 169 cm³/mol. The number of nitrogens with zero attached hydrogens (tertiary/aromatic N) is 1. The van der Waals surface area contributed by atoms with E-state index in [0.717, 1.165) is 80.4 Å². The van der Waals surface area contributed by atoms with E-state index in [-0.39, 0.29) is 31.2 Å². The Bertz CT molecular complexity index is 1160. The number of aromatic hydroxyl groups is 1. The number of aryl methyl sites for hydroxylation is 1. The minimum Gasteiger partial charge on any atom is -0.504 e. The third-order valence-corrected chi connectivity index (χ3v) is 9.64. The van der Waals surface area contributed by atoms with E-state index in [1.807, 2.05) is 18.2 Å². The summed E-state index contributed by atoms with van der Waals surface area (Å²) in [6.45, 7) is 5.38. The fourth-order valence-electron chi connectivity index (χ4n) is 7.32. The topological polar surface area (TPSA) is 127 Å². The molecule has 6 atom stereocenters. The molecule has 0 radical (unpaired) electrons. The third-order valence-electron chi connectivity index (χ3n) is 9.64. The number of allylic oxidation sites excluding steroid dienone is 1. The van der Waals surface area contributed by atoms with Crippen molar-refractivity contribution < 1.29 is 29.9 Å². The molecule has 43 heavy (non-hydrogen) atoms. The van der Waals surface area contributed by atoms with Gasteiger partial charge < -0.3 is 35.2 Å². The van der Waals surface area contributed by atoms with Crippen LogP contribution in [0.15, 0.2) is 46.6 Å². The lowest BCUT2D eigenvalue weighted by Gasteiger charge is -2.26. The molecular weight excluding hydrogens is 544 g/mol. The Morgan fingerprint density at radius 3 is 2.88 bits per heavy atom. The quantitative estimate of drug-likeness (QED) is 0.152. The summed E-state index contributed by atoms with van der Waals surface area (Å²) in [4.78, 5) is 4.89. The molecule has 8 heteroatoms. The smallest absolute Gasteiger partial charge is 0.208 e. The Morgan fingerprint density at radius 2 is 2.09 bits per heavy atom. The monoisotopic (exact) mass is 595 g/mol.